The molecule has 1 aromatic heterocycles. The molecule has 2 heterocycles. The van der Waals surface area contributed by atoms with Gasteiger partial charge in [-0.3, -0.25) is 4.79 Å². The van der Waals surface area contributed by atoms with Gasteiger partial charge in [0.05, 0.1) is 0 Å². The number of amides is 1. The van der Waals surface area contributed by atoms with Crippen LogP contribution >= 0.6 is 11.5 Å². The van der Waals surface area contributed by atoms with Gasteiger partial charge in [0.2, 0.25) is 0 Å². The summed E-state index contributed by atoms with van der Waals surface area (Å²) < 4.78 is 3.56. The van der Waals surface area contributed by atoms with Crippen LogP contribution in [0.5, 0.6) is 0 Å². The minimum Gasteiger partial charge on any atom is -0.477 e. The van der Waals surface area contributed by atoms with E-state index in [0.717, 1.165) is 29.2 Å². The predicted octanol–water partition coefficient (Wildman–Crippen LogP) is 1.44. The van der Waals surface area contributed by atoms with Gasteiger partial charge in [-0.1, -0.05) is 22.7 Å². The zero-order valence-corrected chi connectivity index (χ0v) is 10.6. The average molecular weight is 275 g/mol. The Labute approximate surface area is 112 Å². The maximum absolute atomic E-state index is 12.4. The second kappa shape index (κ2) is 4.43. The summed E-state index contributed by atoms with van der Waals surface area (Å²) in [5.41, 5.74) is 1.81. The van der Waals surface area contributed by atoms with Crippen LogP contribution in [0.25, 0.3) is 0 Å². The molecule has 0 saturated carbocycles. The van der Waals surface area contributed by atoms with Crippen LogP contribution in [-0.4, -0.2) is 33.1 Å². The van der Waals surface area contributed by atoms with E-state index in [-0.39, 0.29) is 10.6 Å². The molecule has 19 heavy (non-hydrogen) atoms. The zero-order valence-electron chi connectivity index (χ0n) is 9.74. The summed E-state index contributed by atoms with van der Waals surface area (Å²) in [6, 6.07) is 7.57. The lowest BCUT2D eigenvalue weighted by molar-refractivity contribution is 0.0697. The fraction of sp³-hybridized carbons (Fsp3) is 0.167. The van der Waals surface area contributed by atoms with Crippen molar-refractivity contribution in [1.29, 1.82) is 0 Å². The van der Waals surface area contributed by atoms with Crippen LogP contribution < -0.4 is 4.90 Å². The molecule has 7 heteroatoms. The van der Waals surface area contributed by atoms with Gasteiger partial charge in [0.1, 0.15) is 0 Å². The van der Waals surface area contributed by atoms with E-state index in [9.17, 15) is 9.59 Å². The van der Waals surface area contributed by atoms with Gasteiger partial charge in [-0.2, -0.15) is 0 Å². The van der Waals surface area contributed by atoms with Crippen molar-refractivity contribution >= 4 is 29.1 Å². The number of para-hydroxylation sites is 1. The van der Waals surface area contributed by atoms with Gasteiger partial charge >= 0.3 is 5.97 Å². The van der Waals surface area contributed by atoms with Gasteiger partial charge < -0.3 is 10.0 Å². The molecule has 0 radical (unpaired) electrons. The van der Waals surface area contributed by atoms with Gasteiger partial charge in [-0.25, -0.2) is 4.79 Å². The van der Waals surface area contributed by atoms with E-state index >= 15 is 0 Å². The third kappa shape index (κ3) is 1.88. The number of fused-ring (bicyclic) bond motifs is 1. The van der Waals surface area contributed by atoms with Crippen LogP contribution in [0.3, 0.4) is 0 Å². The Morgan fingerprint density at radius 2 is 2.11 bits per heavy atom. The summed E-state index contributed by atoms with van der Waals surface area (Å²) in [7, 11) is 0. The molecule has 3 rings (SSSR count). The second-order valence-corrected chi connectivity index (χ2v) is 4.85. The van der Waals surface area contributed by atoms with Gasteiger partial charge in [0.25, 0.3) is 5.91 Å². The molecule has 0 aliphatic carbocycles. The molecule has 1 aliphatic rings. The standard InChI is InChI=1S/C12H9N3O3S/c16-11(9-10(12(17)18)19-14-13-9)15-6-5-7-3-1-2-4-8(7)15/h1-4H,5-6H2,(H,17,18). The number of aromatic carboxylic acids is 1. The van der Waals surface area contributed by atoms with Crippen molar-refractivity contribution in [3.8, 4) is 0 Å². The molecule has 0 spiro atoms. The lowest BCUT2D eigenvalue weighted by Crippen LogP contribution is -2.30. The molecule has 6 nitrogen and oxygen atoms in total. The molecular formula is C12H9N3O3S. The number of carbonyl (C=O) groups excluding carboxylic acids is 1. The smallest absolute Gasteiger partial charge is 0.350 e. The Bertz CT molecular complexity index is 668. The van der Waals surface area contributed by atoms with E-state index in [1.807, 2.05) is 24.3 Å². The highest BCUT2D eigenvalue weighted by Gasteiger charge is 2.30. The fourth-order valence-corrected chi connectivity index (χ4v) is 2.64. The first-order valence-corrected chi connectivity index (χ1v) is 6.41. The van der Waals surface area contributed by atoms with E-state index in [2.05, 4.69) is 9.59 Å². The van der Waals surface area contributed by atoms with Crippen molar-refractivity contribution < 1.29 is 14.7 Å². The molecule has 1 aliphatic heterocycles. The van der Waals surface area contributed by atoms with Gasteiger partial charge in [-0.15, -0.1) is 5.10 Å². The molecule has 0 saturated heterocycles. The van der Waals surface area contributed by atoms with Gasteiger partial charge in [-0.05, 0) is 29.6 Å². The summed E-state index contributed by atoms with van der Waals surface area (Å²) in [5.74, 6) is -1.58. The molecule has 96 valence electrons. The largest absolute Gasteiger partial charge is 0.477 e. The van der Waals surface area contributed by atoms with Crippen molar-refractivity contribution in [1.82, 2.24) is 9.59 Å². The van der Waals surface area contributed by atoms with Crippen molar-refractivity contribution in [3.05, 3.63) is 40.4 Å². The highest BCUT2D eigenvalue weighted by atomic mass is 32.1. The van der Waals surface area contributed by atoms with Crippen molar-refractivity contribution in [2.24, 2.45) is 0 Å². The first-order valence-electron chi connectivity index (χ1n) is 5.64. The van der Waals surface area contributed by atoms with Crippen molar-refractivity contribution in [2.45, 2.75) is 6.42 Å². The summed E-state index contributed by atoms with van der Waals surface area (Å²) in [6.45, 7) is 0.536. The number of benzene rings is 1. The predicted molar refractivity (Wildman–Crippen MR) is 68.7 cm³/mol. The highest BCUT2D eigenvalue weighted by molar-refractivity contribution is 7.08. The molecular weight excluding hydrogens is 266 g/mol. The Kier molecular flexibility index (Phi) is 2.75. The molecule has 0 atom stereocenters. The third-order valence-corrected chi connectivity index (χ3v) is 3.73. The number of carboxylic acids is 1. The van der Waals surface area contributed by atoms with Crippen molar-refractivity contribution in [3.63, 3.8) is 0 Å². The Morgan fingerprint density at radius 1 is 1.32 bits per heavy atom. The third-order valence-electron chi connectivity index (χ3n) is 3.02. The monoisotopic (exact) mass is 275 g/mol. The summed E-state index contributed by atoms with van der Waals surface area (Å²) in [5, 5.41) is 12.7. The SMILES string of the molecule is O=C(O)c1snnc1C(=O)N1CCc2ccccc21. The highest BCUT2D eigenvalue weighted by Crippen LogP contribution is 2.29. The van der Waals surface area contributed by atoms with E-state index in [4.69, 9.17) is 5.11 Å². The first-order chi connectivity index (χ1) is 9.18. The van der Waals surface area contributed by atoms with Crippen LogP contribution in [0.2, 0.25) is 0 Å². The normalized spacial score (nSPS) is 13.4. The Hall–Kier alpha value is -2.28. The molecule has 2 aromatic rings. The molecule has 1 N–H and O–H groups in total. The summed E-state index contributed by atoms with van der Waals surface area (Å²) in [4.78, 5) is 24.8. The number of nitrogens with zero attached hydrogens (tertiary/aromatic N) is 3. The second-order valence-electron chi connectivity index (χ2n) is 4.09. The molecule has 0 unspecified atom stereocenters. The summed E-state index contributed by atoms with van der Waals surface area (Å²) in [6.07, 6.45) is 0.766. The van der Waals surface area contributed by atoms with Gasteiger partial charge in [0.15, 0.2) is 10.6 Å². The van der Waals surface area contributed by atoms with E-state index in [0.29, 0.717) is 6.54 Å². The Balaban J connectivity index is 1.98. The first kappa shape index (κ1) is 11.8. The molecule has 0 bridgehead atoms. The number of carbonyl (C=O) groups is 2. The quantitative estimate of drug-likeness (QED) is 0.896. The minimum absolute atomic E-state index is 0.0887. The van der Waals surface area contributed by atoms with E-state index in [1.165, 1.54) is 0 Å². The summed E-state index contributed by atoms with van der Waals surface area (Å²) >= 11 is 0.718. The van der Waals surface area contributed by atoms with Gasteiger partial charge in [0, 0.05) is 12.2 Å². The van der Waals surface area contributed by atoms with Crippen molar-refractivity contribution in [2.75, 3.05) is 11.4 Å². The number of hydrogen-bond donors (Lipinski definition) is 1. The minimum atomic E-state index is -1.18. The average Bonchev–Trinajstić information content (AvgIpc) is 3.05. The van der Waals surface area contributed by atoms with E-state index < -0.39 is 11.9 Å². The number of carboxylic acid groups (broad SMARTS) is 1. The molecule has 1 amide bonds. The van der Waals surface area contributed by atoms with Crippen LogP contribution in [0, 0.1) is 0 Å². The maximum atomic E-state index is 12.4. The van der Waals surface area contributed by atoms with Crippen LogP contribution in [0.4, 0.5) is 5.69 Å². The van der Waals surface area contributed by atoms with Crippen LogP contribution in [-0.2, 0) is 6.42 Å². The topological polar surface area (TPSA) is 83.4 Å². The van der Waals surface area contributed by atoms with E-state index in [1.54, 1.807) is 4.90 Å². The zero-order chi connectivity index (χ0) is 13.4. The lowest BCUT2D eigenvalue weighted by Gasteiger charge is -2.15. The number of aromatic nitrogens is 2. The molecule has 0 fully saturated rings. The number of anilines is 1. The van der Waals surface area contributed by atoms with Crippen LogP contribution in [0.15, 0.2) is 24.3 Å². The molecule has 1 aromatic carbocycles. The number of hydrogen-bond acceptors (Lipinski definition) is 5. The Morgan fingerprint density at radius 3 is 2.89 bits per heavy atom. The maximum Gasteiger partial charge on any atom is 0.350 e. The lowest BCUT2D eigenvalue weighted by atomic mass is 10.2. The number of rotatable bonds is 2. The fourth-order valence-electron chi connectivity index (χ4n) is 2.15. The van der Waals surface area contributed by atoms with Crippen LogP contribution in [0.1, 0.15) is 25.7 Å².